The maximum Gasteiger partial charge on any atom is 0.251 e. The van der Waals surface area contributed by atoms with Crippen LogP contribution in [0.5, 0.6) is 0 Å². The lowest BCUT2D eigenvalue weighted by Gasteiger charge is -2.21. The van der Waals surface area contributed by atoms with Gasteiger partial charge in [0.1, 0.15) is 6.10 Å². The van der Waals surface area contributed by atoms with Gasteiger partial charge in [-0.05, 0) is 18.9 Å². The first kappa shape index (κ1) is 15.7. The normalized spacial score (nSPS) is 23.0. The van der Waals surface area contributed by atoms with Crippen molar-refractivity contribution in [3.63, 3.8) is 0 Å². The summed E-state index contributed by atoms with van der Waals surface area (Å²) >= 11 is 0. The topological polar surface area (TPSA) is 55.6 Å². The van der Waals surface area contributed by atoms with Crippen molar-refractivity contribution in [2.45, 2.75) is 31.4 Å². The van der Waals surface area contributed by atoms with Crippen LogP contribution < -0.4 is 5.73 Å². The molecule has 114 valence electrons. The van der Waals surface area contributed by atoms with E-state index in [0.29, 0.717) is 19.7 Å². The number of hydrogen-bond donors (Lipinski definition) is 1. The number of nitrogens with zero attached hydrogens (tertiary/aromatic N) is 1. The van der Waals surface area contributed by atoms with Crippen LogP contribution in [-0.4, -0.2) is 42.6 Å². The van der Waals surface area contributed by atoms with Gasteiger partial charge in [0.15, 0.2) is 0 Å². The van der Waals surface area contributed by atoms with E-state index in [4.69, 9.17) is 10.5 Å². The summed E-state index contributed by atoms with van der Waals surface area (Å²) in [6, 6.07) is 10.1. The fraction of sp³-hybridized carbons (Fsp3) is 0.471. The molecule has 1 aromatic rings. The van der Waals surface area contributed by atoms with Gasteiger partial charge in [-0.25, -0.2) is 0 Å². The first-order valence-corrected chi connectivity index (χ1v) is 7.45. The first-order valence-electron chi connectivity index (χ1n) is 7.45. The van der Waals surface area contributed by atoms with Crippen molar-refractivity contribution in [3.05, 3.63) is 48.6 Å². The fourth-order valence-corrected chi connectivity index (χ4v) is 2.72. The van der Waals surface area contributed by atoms with Crippen molar-refractivity contribution >= 4 is 5.91 Å². The standard InChI is InChI=1S/C17H24N2O2/c1-3-4-10-21-13(2)17(20)19-11-15(16(18)12-19)14-8-6-5-7-9-14/h3,5-9,13,15-16H,1,4,10-12,18H2,2H3/t13?,15-,16+/m0/s1. The van der Waals surface area contributed by atoms with E-state index in [-0.39, 0.29) is 17.9 Å². The highest BCUT2D eigenvalue weighted by atomic mass is 16.5. The average molecular weight is 288 g/mol. The molecule has 0 spiro atoms. The highest BCUT2D eigenvalue weighted by Crippen LogP contribution is 2.26. The Bertz CT molecular complexity index is 475. The van der Waals surface area contributed by atoms with Crippen molar-refractivity contribution < 1.29 is 9.53 Å². The fourth-order valence-electron chi connectivity index (χ4n) is 2.72. The second-order valence-corrected chi connectivity index (χ2v) is 5.51. The predicted octanol–water partition coefficient (Wildman–Crippen LogP) is 1.92. The molecule has 2 rings (SSSR count). The Morgan fingerprint density at radius 3 is 2.86 bits per heavy atom. The average Bonchev–Trinajstić information content (AvgIpc) is 2.89. The molecular formula is C17H24N2O2. The maximum atomic E-state index is 12.4. The lowest BCUT2D eigenvalue weighted by molar-refractivity contribution is -0.141. The summed E-state index contributed by atoms with van der Waals surface area (Å²) in [7, 11) is 0. The molecule has 1 aliphatic rings. The molecule has 2 N–H and O–H groups in total. The zero-order valence-corrected chi connectivity index (χ0v) is 12.6. The summed E-state index contributed by atoms with van der Waals surface area (Å²) in [4.78, 5) is 14.2. The number of carbonyl (C=O) groups excluding carboxylic acids is 1. The van der Waals surface area contributed by atoms with Gasteiger partial charge in [0.2, 0.25) is 0 Å². The van der Waals surface area contributed by atoms with E-state index in [1.54, 1.807) is 13.0 Å². The van der Waals surface area contributed by atoms with Gasteiger partial charge in [0, 0.05) is 25.0 Å². The second kappa shape index (κ2) is 7.38. The monoisotopic (exact) mass is 288 g/mol. The molecule has 0 radical (unpaired) electrons. The van der Waals surface area contributed by atoms with Gasteiger partial charge < -0.3 is 15.4 Å². The van der Waals surface area contributed by atoms with E-state index >= 15 is 0 Å². The molecule has 1 heterocycles. The molecule has 1 amide bonds. The molecule has 1 unspecified atom stereocenters. The van der Waals surface area contributed by atoms with Crippen LogP contribution >= 0.6 is 0 Å². The van der Waals surface area contributed by atoms with Crippen LogP contribution in [0.2, 0.25) is 0 Å². The quantitative estimate of drug-likeness (QED) is 0.643. The number of benzene rings is 1. The Morgan fingerprint density at radius 2 is 2.19 bits per heavy atom. The van der Waals surface area contributed by atoms with Gasteiger partial charge in [0.05, 0.1) is 6.61 Å². The van der Waals surface area contributed by atoms with Crippen LogP contribution in [-0.2, 0) is 9.53 Å². The van der Waals surface area contributed by atoms with Crippen LogP contribution in [0, 0.1) is 0 Å². The van der Waals surface area contributed by atoms with Crippen LogP contribution in [0.25, 0.3) is 0 Å². The zero-order chi connectivity index (χ0) is 15.2. The lowest BCUT2D eigenvalue weighted by atomic mass is 9.95. The lowest BCUT2D eigenvalue weighted by Crippen LogP contribution is -2.39. The van der Waals surface area contributed by atoms with Gasteiger partial charge in [-0.1, -0.05) is 36.4 Å². The molecule has 21 heavy (non-hydrogen) atoms. The summed E-state index contributed by atoms with van der Waals surface area (Å²) in [5, 5.41) is 0. The van der Waals surface area contributed by atoms with E-state index in [0.717, 1.165) is 6.42 Å². The molecule has 0 bridgehead atoms. The number of amides is 1. The third kappa shape index (κ3) is 3.93. The van der Waals surface area contributed by atoms with Crippen LogP contribution in [0.1, 0.15) is 24.8 Å². The molecule has 0 saturated carbocycles. The largest absolute Gasteiger partial charge is 0.368 e. The minimum Gasteiger partial charge on any atom is -0.368 e. The summed E-state index contributed by atoms with van der Waals surface area (Å²) in [6.45, 7) is 7.22. The van der Waals surface area contributed by atoms with E-state index in [1.165, 1.54) is 5.56 Å². The van der Waals surface area contributed by atoms with Crippen molar-refractivity contribution in [3.8, 4) is 0 Å². The number of carbonyl (C=O) groups is 1. The van der Waals surface area contributed by atoms with Gasteiger partial charge in [-0.3, -0.25) is 4.79 Å². The highest BCUT2D eigenvalue weighted by Gasteiger charge is 2.35. The second-order valence-electron chi connectivity index (χ2n) is 5.51. The third-order valence-electron chi connectivity index (χ3n) is 3.94. The van der Waals surface area contributed by atoms with E-state index in [9.17, 15) is 4.79 Å². The zero-order valence-electron chi connectivity index (χ0n) is 12.6. The van der Waals surface area contributed by atoms with Crippen LogP contribution in [0.4, 0.5) is 0 Å². The Hall–Kier alpha value is -1.65. The van der Waals surface area contributed by atoms with Crippen molar-refractivity contribution in [2.24, 2.45) is 5.73 Å². The molecule has 1 aromatic carbocycles. The minimum atomic E-state index is -0.424. The molecule has 0 aliphatic carbocycles. The highest BCUT2D eigenvalue weighted by molar-refractivity contribution is 5.81. The van der Waals surface area contributed by atoms with Crippen LogP contribution in [0.3, 0.4) is 0 Å². The minimum absolute atomic E-state index is 0.0169. The van der Waals surface area contributed by atoms with E-state index < -0.39 is 6.10 Å². The number of nitrogens with two attached hydrogens (primary N) is 1. The Kier molecular flexibility index (Phi) is 5.53. The molecular weight excluding hydrogens is 264 g/mol. The molecule has 1 fully saturated rings. The Labute approximate surface area is 126 Å². The maximum absolute atomic E-state index is 12.4. The summed E-state index contributed by atoms with van der Waals surface area (Å²) in [5.41, 5.74) is 7.41. The van der Waals surface area contributed by atoms with E-state index in [1.807, 2.05) is 23.1 Å². The van der Waals surface area contributed by atoms with Gasteiger partial charge in [-0.2, -0.15) is 0 Å². The predicted molar refractivity (Wildman–Crippen MR) is 84.0 cm³/mol. The Balaban J connectivity index is 1.94. The van der Waals surface area contributed by atoms with Gasteiger partial charge in [0.25, 0.3) is 5.91 Å². The molecule has 4 nitrogen and oxygen atoms in total. The Morgan fingerprint density at radius 1 is 1.48 bits per heavy atom. The molecule has 3 atom stereocenters. The molecule has 1 aliphatic heterocycles. The number of ether oxygens (including phenoxy) is 1. The molecule has 1 saturated heterocycles. The summed E-state index contributed by atoms with van der Waals surface area (Å²) < 4.78 is 5.53. The van der Waals surface area contributed by atoms with Crippen LogP contribution in [0.15, 0.2) is 43.0 Å². The SMILES string of the molecule is C=CCCOC(C)C(=O)N1C[C@@H](N)[C@H](c2ccccc2)C1. The molecule has 4 heteroatoms. The number of hydrogen-bond acceptors (Lipinski definition) is 3. The summed E-state index contributed by atoms with van der Waals surface area (Å²) in [5.74, 6) is 0.225. The van der Waals surface area contributed by atoms with E-state index in [2.05, 4.69) is 18.7 Å². The smallest absolute Gasteiger partial charge is 0.251 e. The van der Waals surface area contributed by atoms with Gasteiger partial charge in [-0.15, -0.1) is 6.58 Å². The van der Waals surface area contributed by atoms with Crippen molar-refractivity contribution in [1.82, 2.24) is 4.90 Å². The van der Waals surface area contributed by atoms with Crippen molar-refractivity contribution in [2.75, 3.05) is 19.7 Å². The van der Waals surface area contributed by atoms with Crippen molar-refractivity contribution in [1.29, 1.82) is 0 Å². The third-order valence-corrected chi connectivity index (χ3v) is 3.94. The first-order chi connectivity index (χ1) is 10.1. The number of likely N-dealkylation sites (tertiary alicyclic amines) is 1. The van der Waals surface area contributed by atoms with Gasteiger partial charge >= 0.3 is 0 Å². The molecule has 0 aromatic heterocycles. The number of rotatable bonds is 6. The summed E-state index contributed by atoms with van der Waals surface area (Å²) in [6.07, 6.45) is 2.12.